The van der Waals surface area contributed by atoms with E-state index in [1.807, 2.05) is 61.5 Å². The molecule has 3 nitrogen and oxygen atoms in total. The van der Waals surface area contributed by atoms with Crippen molar-refractivity contribution in [3.05, 3.63) is 82.6 Å². The van der Waals surface area contributed by atoms with Crippen LogP contribution in [0.25, 0.3) is 33.2 Å². The van der Waals surface area contributed by atoms with Crippen LogP contribution in [0.2, 0.25) is 0 Å². The number of aromatic nitrogens is 1. The quantitative estimate of drug-likeness (QED) is 0.557. The molecule has 0 N–H and O–H groups in total. The van der Waals surface area contributed by atoms with E-state index < -0.39 is 0 Å². The highest BCUT2D eigenvalue weighted by molar-refractivity contribution is 6.02. The second-order valence-electron chi connectivity index (χ2n) is 5.94. The topological polar surface area (TPSA) is 31.2 Å². The fraction of sp³-hybridized carbons (Fsp3) is 0.0952. The lowest BCUT2D eigenvalue weighted by atomic mass is 10.1. The van der Waals surface area contributed by atoms with Crippen LogP contribution in [0.4, 0.5) is 0 Å². The fourth-order valence-electron chi connectivity index (χ4n) is 3.27. The lowest BCUT2D eigenvalue weighted by molar-refractivity contribution is 0.163. The zero-order chi connectivity index (χ0) is 16.7. The van der Waals surface area contributed by atoms with Gasteiger partial charge in [-0.25, -0.2) is 0 Å². The normalized spacial score (nSPS) is 11.1. The van der Waals surface area contributed by atoms with Crippen LogP contribution >= 0.6 is 0 Å². The van der Waals surface area contributed by atoms with Crippen LogP contribution in [0.3, 0.4) is 0 Å². The Balaban J connectivity index is 2.12. The van der Waals surface area contributed by atoms with Gasteiger partial charge in [0.2, 0.25) is 0 Å². The van der Waals surface area contributed by atoms with E-state index in [-0.39, 0.29) is 5.56 Å². The molecule has 1 aromatic carbocycles. The van der Waals surface area contributed by atoms with Crippen molar-refractivity contribution in [3.63, 3.8) is 0 Å². The largest absolute Gasteiger partial charge is 0.413 e. The van der Waals surface area contributed by atoms with E-state index in [0.29, 0.717) is 5.39 Å². The predicted octanol–water partition coefficient (Wildman–Crippen LogP) is 4.14. The average molecular weight is 315 g/mol. The van der Waals surface area contributed by atoms with Crippen LogP contribution < -0.4 is 10.4 Å². The summed E-state index contributed by atoms with van der Waals surface area (Å²) in [7, 11) is 1.53. The summed E-state index contributed by atoms with van der Waals surface area (Å²) in [5.74, 6) is 0. The third-order valence-corrected chi connectivity index (χ3v) is 4.35. The van der Waals surface area contributed by atoms with Gasteiger partial charge in [0, 0.05) is 5.56 Å². The van der Waals surface area contributed by atoms with Crippen molar-refractivity contribution in [1.29, 1.82) is 0 Å². The zero-order valence-electron chi connectivity index (χ0n) is 13.6. The van der Waals surface area contributed by atoms with Crippen LogP contribution in [0.1, 0.15) is 5.56 Å². The van der Waals surface area contributed by atoms with Gasteiger partial charge >= 0.3 is 0 Å². The second-order valence-corrected chi connectivity index (χ2v) is 5.94. The molecule has 2 aromatic rings. The second kappa shape index (κ2) is 5.53. The maximum Gasteiger partial charge on any atom is 0.292 e. The van der Waals surface area contributed by atoms with Crippen LogP contribution in [-0.2, 0) is 0 Å². The zero-order valence-corrected chi connectivity index (χ0v) is 13.6. The fourth-order valence-corrected chi connectivity index (χ4v) is 3.27. The summed E-state index contributed by atoms with van der Waals surface area (Å²) in [5.41, 5.74) is 4.73. The summed E-state index contributed by atoms with van der Waals surface area (Å²) in [6.07, 6.45) is 0. The first-order valence-electron chi connectivity index (χ1n) is 7.88. The van der Waals surface area contributed by atoms with Gasteiger partial charge in [0.25, 0.3) is 5.56 Å². The van der Waals surface area contributed by atoms with Crippen molar-refractivity contribution in [1.82, 2.24) is 4.73 Å². The van der Waals surface area contributed by atoms with Crippen molar-refractivity contribution in [2.45, 2.75) is 6.92 Å². The van der Waals surface area contributed by atoms with Crippen LogP contribution in [0, 0.1) is 6.92 Å². The SMILES string of the molecule is COn1c(-c2cccc(C)c2)cc2cc3cccccc-3c2c1=O. The molecule has 0 radical (unpaired) electrons. The molecule has 0 saturated carbocycles. The minimum absolute atomic E-state index is 0.132. The summed E-state index contributed by atoms with van der Waals surface area (Å²) < 4.78 is 1.38. The van der Waals surface area contributed by atoms with Crippen molar-refractivity contribution in [3.8, 4) is 22.4 Å². The summed E-state index contributed by atoms with van der Waals surface area (Å²) in [6.45, 7) is 2.04. The molecule has 1 heterocycles. The Morgan fingerprint density at radius 3 is 2.46 bits per heavy atom. The van der Waals surface area contributed by atoms with Gasteiger partial charge in [-0.1, -0.05) is 54.1 Å². The molecule has 0 atom stereocenters. The third-order valence-electron chi connectivity index (χ3n) is 4.35. The molecule has 0 saturated heterocycles. The Morgan fingerprint density at radius 1 is 0.875 bits per heavy atom. The predicted molar refractivity (Wildman–Crippen MR) is 97.5 cm³/mol. The lowest BCUT2D eigenvalue weighted by Crippen LogP contribution is -2.26. The smallest absolute Gasteiger partial charge is 0.292 e. The van der Waals surface area contributed by atoms with E-state index in [4.69, 9.17) is 4.84 Å². The van der Waals surface area contributed by atoms with E-state index in [1.165, 1.54) is 11.8 Å². The number of rotatable bonds is 2. The number of aryl methyl sites for hydroxylation is 1. The van der Waals surface area contributed by atoms with Gasteiger partial charge in [-0.05, 0) is 41.6 Å². The summed E-state index contributed by atoms with van der Waals surface area (Å²) >= 11 is 0. The van der Waals surface area contributed by atoms with Gasteiger partial charge in [0.1, 0.15) is 7.11 Å². The van der Waals surface area contributed by atoms with E-state index in [1.54, 1.807) is 0 Å². The van der Waals surface area contributed by atoms with Crippen LogP contribution in [-0.4, -0.2) is 11.8 Å². The Hall–Kier alpha value is -3.07. The molecular weight excluding hydrogens is 298 g/mol. The van der Waals surface area contributed by atoms with Gasteiger partial charge in [0.15, 0.2) is 0 Å². The van der Waals surface area contributed by atoms with Crippen LogP contribution in [0.5, 0.6) is 0 Å². The third kappa shape index (κ3) is 2.17. The van der Waals surface area contributed by atoms with Gasteiger partial charge in [-0.15, -0.1) is 4.73 Å². The van der Waals surface area contributed by atoms with E-state index in [2.05, 4.69) is 12.1 Å². The van der Waals surface area contributed by atoms with Gasteiger partial charge < -0.3 is 4.84 Å². The standard InChI is InChI=1S/C21H17NO2/c1-14-7-6-9-16(11-14)19-13-17-12-15-8-4-3-5-10-18(15)20(17)21(23)22(19)24-2/h3-13H,1-2H3. The summed E-state index contributed by atoms with van der Waals surface area (Å²) in [4.78, 5) is 18.5. The molecule has 3 heteroatoms. The Labute approximate surface area is 140 Å². The molecule has 0 unspecified atom stereocenters. The molecule has 2 aliphatic carbocycles. The van der Waals surface area contributed by atoms with Crippen LogP contribution in [0.15, 0.2) is 71.5 Å². The van der Waals surface area contributed by atoms with Crippen molar-refractivity contribution >= 4 is 10.8 Å². The van der Waals surface area contributed by atoms with Crippen molar-refractivity contribution in [2.24, 2.45) is 0 Å². The number of fused-ring (bicyclic) bond motifs is 3. The monoisotopic (exact) mass is 315 g/mol. The first kappa shape index (κ1) is 14.5. The molecule has 118 valence electrons. The Kier molecular flexibility index (Phi) is 3.35. The van der Waals surface area contributed by atoms with Gasteiger partial charge in [-0.2, -0.15) is 0 Å². The summed E-state index contributed by atoms with van der Waals surface area (Å²) in [5, 5.41) is 1.63. The molecule has 0 spiro atoms. The Bertz CT molecular complexity index is 1080. The van der Waals surface area contributed by atoms with Crippen molar-refractivity contribution in [2.75, 3.05) is 7.11 Å². The average Bonchev–Trinajstić information content (AvgIpc) is 2.76. The minimum atomic E-state index is -0.132. The lowest BCUT2D eigenvalue weighted by Gasteiger charge is -2.12. The maximum absolute atomic E-state index is 13.1. The number of benzene rings is 1. The molecule has 4 rings (SSSR count). The molecule has 0 amide bonds. The number of hydrogen-bond acceptors (Lipinski definition) is 2. The van der Waals surface area contributed by atoms with Crippen molar-refractivity contribution < 1.29 is 4.84 Å². The number of nitrogens with zero attached hydrogens (tertiary/aromatic N) is 1. The summed E-state index contributed by atoms with van der Waals surface area (Å²) in [6, 6.07) is 22.1. The molecule has 24 heavy (non-hydrogen) atoms. The van der Waals surface area contributed by atoms with Gasteiger partial charge in [-0.3, -0.25) is 4.79 Å². The van der Waals surface area contributed by atoms with Gasteiger partial charge in [0.05, 0.1) is 11.1 Å². The molecule has 0 aliphatic heterocycles. The van der Waals surface area contributed by atoms with E-state index >= 15 is 0 Å². The highest BCUT2D eigenvalue weighted by Crippen LogP contribution is 2.33. The molecule has 1 aromatic heterocycles. The highest BCUT2D eigenvalue weighted by atomic mass is 16.6. The molecular formula is C21H17NO2. The minimum Gasteiger partial charge on any atom is -0.413 e. The molecule has 0 fully saturated rings. The Morgan fingerprint density at radius 2 is 1.67 bits per heavy atom. The maximum atomic E-state index is 13.1. The first-order valence-corrected chi connectivity index (χ1v) is 7.88. The van der Waals surface area contributed by atoms with E-state index in [9.17, 15) is 4.79 Å². The molecule has 0 bridgehead atoms. The molecule has 2 aliphatic rings. The highest BCUT2D eigenvalue weighted by Gasteiger charge is 2.17. The number of pyridine rings is 1. The number of hydrogen-bond donors (Lipinski definition) is 0. The van der Waals surface area contributed by atoms with E-state index in [0.717, 1.165) is 33.3 Å². The first-order chi connectivity index (χ1) is 11.7.